The van der Waals surface area contributed by atoms with Gasteiger partial charge in [-0.15, -0.1) is 21.8 Å². The number of nitrogens with zero attached hydrogens (tertiary/aromatic N) is 3. The molecule has 122 valence electrons. The zero-order chi connectivity index (χ0) is 15.5. The van der Waals surface area contributed by atoms with Crippen LogP contribution in [0.1, 0.15) is 96.2 Å². The Morgan fingerprint density at radius 3 is 1.90 bits per heavy atom. The van der Waals surface area contributed by atoms with Crippen molar-refractivity contribution in [1.82, 2.24) is 14.8 Å². The summed E-state index contributed by atoms with van der Waals surface area (Å²) in [6.45, 7) is 6.60. The lowest BCUT2D eigenvalue weighted by molar-refractivity contribution is 0.528. The van der Waals surface area contributed by atoms with Gasteiger partial charge in [-0.25, -0.2) is 0 Å². The second-order valence-corrected chi connectivity index (χ2v) is 6.48. The molecule has 4 heteroatoms. The molecule has 0 saturated carbocycles. The molecule has 1 heterocycles. The highest BCUT2D eigenvalue weighted by Gasteiger charge is 2.13. The molecule has 0 aliphatic carbocycles. The molecule has 1 aromatic heterocycles. The largest absolute Gasteiger partial charge is 0.311 e. The molecule has 0 N–H and O–H groups in total. The van der Waals surface area contributed by atoms with E-state index in [1.807, 2.05) is 0 Å². The third-order valence-electron chi connectivity index (χ3n) is 3.98. The summed E-state index contributed by atoms with van der Waals surface area (Å²) in [6, 6.07) is 0.391. The number of unbranched alkanes of at least 4 members (excludes halogenated alkanes) is 8. The maximum atomic E-state index is 5.92. The average molecular weight is 314 g/mol. The number of hydrogen-bond donors (Lipinski definition) is 0. The first-order chi connectivity index (χ1) is 10.2. The second kappa shape index (κ2) is 11.1. The van der Waals surface area contributed by atoms with E-state index >= 15 is 0 Å². The molecular formula is C17H32ClN3. The van der Waals surface area contributed by atoms with Gasteiger partial charge in [0.15, 0.2) is 0 Å². The summed E-state index contributed by atoms with van der Waals surface area (Å²) < 4.78 is 2.19. The van der Waals surface area contributed by atoms with Crippen molar-refractivity contribution in [2.45, 2.75) is 96.9 Å². The maximum Gasteiger partial charge on any atom is 0.148 e. The summed E-state index contributed by atoms with van der Waals surface area (Å²) in [5, 5.41) is 8.50. The fourth-order valence-electron chi connectivity index (χ4n) is 2.81. The number of aromatic nitrogens is 3. The van der Waals surface area contributed by atoms with Gasteiger partial charge in [0.2, 0.25) is 0 Å². The number of hydrogen-bond acceptors (Lipinski definition) is 2. The molecule has 0 bridgehead atoms. The average Bonchev–Trinajstić information content (AvgIpc) is 2.88. The van der Waals surface area contributed by atoms with Gasteiger partial charge in [-0.05, 0) is 20.3 Å². The minimum absolute atomic E-state index is 0.391. The van der Waals surface area contributed by atoms with E-state index in [0.717, 1.165) is 18.1 Å². The molecule has 3 nitrogen and oxygen atoms in total. The Bertz CT molecular complexity index is 374. The molecule has 0 atom stereocenters. The minimum atomic E-state index is 0.391. The lowest BCUT2D eigenvalue weighted by Gasteiger charge is -2.12. The van der Waals surface area contributed by atoms with Gasteiger partial charge in [0.05, 0.1) is 5.88 Å². The van der Waals surface area contributed by atoms with Crippen molar-refractivity contribution in [1.29, 1.82) is 0 Å². The number of halogens is 1. The van der Waals surface area contributed by atoms with Gasteiger partial charge in [0.25, 0.3) is 0 Å². The topological polar surface area (TPSA) is 30.7 Å². The van der Waals surface area contributed by atoms with E-state index in [2.05, 4.69) is 35.5 Å². The van der Waals surface area contributed by atoms with Gasteiger partial charge in [-0.1, -0.05) is 58.3 Å². The standard InChI is InChI=1S/C17H32ClN3/c1-4-5-6-7-8-9-10-11-12-13-16-19-20-17(14-18)21(16)15(2)3/h15H,4-14H2,1-3H3. The summed E-state index contributed by atoms with van der Waals surface area (Å²) in [6.07, 6.45) is 13.2. The number of rotatable bonds is 12. The van der Waals surface area contributed by atoms with Crippen LogP contribution in [0.3, 0.4) is 0 Å². The lowest BCUT2D eigenvalue weighted by atomic mass is 10.1. The molecule has 0 aliphatic heterocycles. The zero-order valence-electron chi connectivity index (χ0n) is 14.1. The predicted octanol–water partition coefficient (Wildman–Crippen LogP) is 5.67. The van der Waals surface area contributed by atoms with Crippen LogP contribution in [0, 0.1) is 0 Å². The molecule has 0 unspecified atom stereocenters. The van der Waals surface area contributed by atoms with Crippen LogP contribution in [0.25, 0.3) is 0 Å². The normalized spacial score (nSPS) is 11.5. The van der Waals surface area contributed by atoms with Crippen molar-refractivity contribution >= 4 is 11.6 Å². The van der Waals surface area contributed by atoms with Crippen LogP contribution in [0.2, 0.25) is 0 Å². The van der Waals surface area contributed by atoms with E-state index < -0.39 is 0 Å². The second-order valence-electron chi connectivity index (χ2n) is 6.21. The van der Waals surface area contributed by atoms with Crippen molar-refractivity contribution in [3.63, 3.8) is 0 Å². The van der Waals surface area contributed by atoms with E-state index in [1.54, 1.807) is 0 Å². The lowest BCUT2D eigenvalue weighted by Crippen LogP contribution is -2.09. The Hall–Kier alpha value is -0.570. The highest BCUT2D eigenvalue weighted by Crippen LogP contribution is 2.16. The van der Waals surface area contributed by atoms with Crippen LogP contribution < -0.4 is 0 Å². The molecule has 1 aromatic rings. The van der Waals surface area contributed by atoms with Crippen molar-refractivity contribution in [3.05, 3.63) is 11.6 Å². The van der Waals surface area contributed by atoms with Gasteiger partial charge >= 0.3 is 0 Å². The first-order valence-electron chi connectivity index (χ1n) is 8.69. The quantitative estimate of drug-likeness (QED) is 0.367. The van der Waals surface area contributed by atoms with E-state index in [1.165, 1.54) is 57.8 Å². The van der Waals surface area contributed by atoms with Gasteiger partial charge in [-0.2, -0.15) is 0 Å². The van der Waals surface area contributed by atoms with E-state index in [-0.39, 0.29) is 0 Å². The minimum Gasteiger partial charge on any atom is -0.311 e. The molecular weight excluding hydrogens is 282 g/mol. The van der Waals surface area contributed by atoms with Crippen LogP contribution in [-0.4, -0.2) is 14.8 Å². The van der Waals surface area contributed by atoms with Crippen molar-refractivity contribution in [2.75, 3.05) is 0 Å². The summed E-state index contributed by atoms with van der Waals surface area (Å²) in [5.41, 5.74) is 0. The van der Waals surface area contributed by atoms with Crippen molar-refractivity contribution in [3.8, 4) is 0 Å². The third-order valence-corrected chi connectivity index (χ3v) is 4.22. The summed E-state index contributed by atoms with van der Waals surface area (Å²) in [5.74, 6) is 2.45. The summed E-state index contributed by atoms with van der Waals surface area (Å²) in [4.78, 5) is 0. The third kappa shape index (κ3) is 6.82. The van der Waals surface area contributed by atoms with Gasteiger partial charge in [0, 0.05) is 12.5 Å². The van der Waals surface area contributed by atoms with Crippen LogP contribution >= 0.6 is 11.6 Å². The Morgan fingerprint density at radius 1 is 0.857 bits per heavy atom. The van der Waals surface area contributed by atoms with Crippen LogP contribution in [0.4, 0.5) is 0 Å². The monoisotopic (exact) mass is 313 g/mol. The van der Waals surface area contributed by atoms with E-state index in [9.17, 15) is 0 Å². The molecule has 21 heavy (non-hydrogen) atoms. The van der Waals surface area contributed by atoms with Crippen molar-refractivity contribution in [2.24, 2.45) is 0 Å². The zero-order valence-corrected chi connectivity index (χ0v) is 14.8. The summed E-state index contributed by atoms with van der Waals surface area (Å²) in [7, 11) is 0. The Labute approximate surface area is 135 Å². The Balaban J connectivity index is 2.17. The fourth-order valence-corrected chi connectivity index (χ4v) is 2.99. The van der Waals surface area contributed by atoms with Crippen LogP contribution in [-0.2, 0) is 12.3 Å². The number of aryl methyl sites for hydroxylation is 1. The van der Waals surface area contributed by atoms with E-state index in [4.69, 9.17) is 11.6 Å². The van der Waals surface area contributed by atoms with Gasteiger partial charge in [0.1, 0.15) is 11.6 Å². The smallest absolute Gasteiger partial charge is 0.148 e. The molecule has 1 rings (SSSR count). The van der Waals surface area contributed by atoms with Gasteiger partial charge in [-0.3, -0.25) is 0 Å². The Kier molecular flexibility index (Phi) is 9.73. The van der Waals surface area contributed by atoms with Crippen molar-refractivity contribution < 1.29 is 0 Å². The molecule has 0 amide bonds. The highest BCUT2D eigenvalue weighted by molar-refractivity contribution is 6.16. The predicted molar refractivity (Wildman–Crippen MR) is 90.9 cm³/mol. The van der Waals surface area contributed by atoms with Gasteiger partial charge < -0.3 is 4.57 Å². The number of alkyl halides is 1. The molecule has 0 aliphatic rings. The van der Waals surface area contributed by atoms with Crippen LogP contribution in [0.5, 0.6) is 0 Å². The fraction of sp³-hybridized carbons (Fsp3) is 0.882. The Morgan fingerprint density at radius 2 is 1.38 bits per heavy atom. The molecule has 0 saturated heterocycles. The SMILES string of the molecule is CCCCCCCCCCCc1nnc(CCl)n1C(C)C. The van der Waals surface area contributed by atoms with E-state index in [0.29, 0.717) is 11.9 Å². The highest BCUT2D eigenvalue weighted by atomic mass is 35.5. The first-order valence-corrected chi connectivity index (χ1v) is 9.22. The van der Waals surface area contributed by atoms with Crippen LogP contribution in [0.15, 0.2) is 0 Å². The molecule has 0 aromatic carbocycles. The molecule has 0 spiro atoms. The molecule has 0 fully saturated rings. The first kappa shape index (κ1) is 18.5. The maximum absolute atomic E-state index is 5.92. The molecule has 0 radical (unpaired) electrons. The summed E-state index contributed by atoms with van der Waals surface area (Å²) >= 11 is 5.92.